The van der Waals surface area contributed by atoms with Gasteiger partial charge in [-0.05, 0) is 92.3 Å². The van der Waals surface area contributed by atoms with Gasteiger partial charge in [0, 0.05) is 17.1 Å². The summed E-state index contributed by atoms with van der Waals surface area (Å²) in [4.78, 5) is 27.1. The largest absolute Gasteiger partial charge is 0.497 e. The van der Waals surface area contributed by atoms with Gasteiger partial charge in [0.05, 0.1) is 12.8 Å². The first-order chi connectivity index (χ1) is 15.3. The van der Waals surface area contributed by atoms with Crippen molar-refractivity contribution in [1.82, 2.24) is 9.88 Å². The maximum Gasteiger partial charge on any atom is 0.270 e. The van der Waals surface area contributed by atoms with Crippen molar-refractivity contribution in [3.63, 3.8) is 0 Å². The van der Waals surface area contributed by atoms with Crippen LogP contribution in [-0.4, -0.2) is 28.6 Å². The van der Waals surface area contributed by atoms with Crippen molar-refractivity contribution >= 4 is 40.9 Å². The van der Waals surface area contributed by atoms with E-state index in [-0.39, 0.29) is 16.5 Å². The van der Waals surface area contributed by atoms with Gasteiger partial charge in [0.15, 0.2) is 5.11 Å². The monoisotopic (exact) mass is 449 g/mol. The summed E-state index contributed by atoms with van der Waals surface area (Å²) in [6.45, 7) is 3.78. The maximum absolute atomic E-state index is 13.3. The van der Waals surface area contributed by atoms with Crippen LogP contribution in [0.1, 0.15) is 17.0 Å². The summed E-state index contributed by atoms with van der Waals surface area (Å²) in [5, 5.41) is 2.60. The first kappa shape index (κ1) is 21.5. The van der Waals surface area contributed by atoms with Crippen molar-refractivity contribution in [3.8, 4) is 11.4 Å². The number of amides is 2. The van der Waals surface area contributed by atoms with Crippen LogP contribution in [0.15, 0.2) is 60.2 Å². The number of nitrogens with one attached hydrogen (secondary N) is 1. The van der Waals surface area contributed by atoms with Gasteiger partial charge in [-0.25, -0.2) is 4.39 Å². The standard InChI is InChI=1S/C24H20FN3O3S/c1-14-12-16(15(2)27(14)18-6-4-17(25)5-7-18)13-21-22(29)26-24(32)28(23(21)30)19-8-10-20(31-3)11-9-19/h4-13H,1-3H3,(H,26,29,32). The summed E-state index contributed by atoms with van der Waals surface area (Å²) in [5.41, 5.74) is 3.66. The first-order valence-corrected chi connectivity index (χ1v) is 10.2. The molecule has 2 amide bonds. The Morgan fingerprint density at radius 2 is 1.62 bits per heavy atom. The Bertz CT molecular complexity index is 1260. The highest BCUT2D eigenvalue weighted by Crippen LogP contribution is 2.27. The number of halogens is 1. The molecular formula is C24H20FN3O3S. The fraction of sp³-hybridized carbons (Fsp3) is 0.125. The third kappa shape index (κ3) is 3.80. The molecule has 0 saturated carbocycles. The quantitative estimate of drug-likeness (QED) is 0.371. The lowest BCUT2D eigenvalue weighted by molar-refractivity contribution is -0.122. The molecule has 3 aromatic rings. The van der Waals surface area contributed by atoms with Crippen LogP contribution in [0.2, 0.25) is 0 Å². The van der Waals surface area contributed by atoms with Crippen LogP contribution in [0.3, 0.4) is 0 Å². The number of thiocarbonyl (C=S) groups is 1. The van der Waals surface area contributed by atoms with Crippen LogP contribution >= 0.6 is 12.2 Å². The third-order valence-corrected chi connectivity index (χ3v) is 5.57. The molecule has 6 nitrogen and oxygen atoms in total. The molecule has 1 aliphatic rings. The third-order valence-electron chi connectivity index (χ3n) is 5.29. The molecule has 8 heteroatoms. The maximum atomic E-state index is 13.3. The molecule has 1 saturated heterocycles. The number of nitrogens with zero attached hydrogens (tertiary/aromatic N) is 2. The van der Waals surface area contributed by atoms with Crippen molar-refractivity contribution in [2.75, 3.05) is 12.0 Å². The highest BCUT2D eigenvalue weighted by atomic mass is 32.1. The summed E-state index contributed by atoms with van der Waals surface area (Å²) in [6, 6.07) is 14.8. The fourth-order valence-electron chi connectivity index (χ4n) is 3.70. The molecule has 4 rings (SSSR count). The highest BCUT2D eigenvalue weighted by Gasteiger charge is 2.34. The molecule has 1 N–H and O–H groups in total. The number of benzene rings is 2. The number of aryl methyl sites for hydroxylation is 1. The summed E-state index contributed by atoms with van der Waals surface area (Å²) in [7, 11) is 1.55. The second kappa shape index (κ2) is 8.39. The van der Waals surface area contributed by atoms with Gasteiger partial charge in [-0.15, -0.1) is 0 Å². The van der Waals surface area contributed by atoms with Crippen molar-refractivity contribution in [3.05, 3.63) is 82.9 Å². The molecule has 162 valence electrons. The number of methoxy groups -OCH3 is 1. The molecule has 1 aliphatic heterocycles. The Hall–Kier alpha value is -3.78. The average Bonchev–Trinajstić information content (AvgIpc) is 3.05. The van der Waals surface area contributed by atoms with Crippen LogP contribution < -0.4 is 15.0 Å². The van der Waals surface area contributed by atoms with Crippen molar-refractivity contribution in [2.24, 2.45) is 0 Å². The minimum absolute atomic E-state index is 0.0131. The van der Waals surface area contributed by atoms with E-state index in [9.17, 15) is 14.0 Å². The molecule has 0 aliphatic carbocycles. The lowest BCUT2D eigenvalue weighted by atomic mass is 10.1. The van der Waals surface area contributed by atoms with Crippen molar-refractivity contribution in [1.29, 1.82) is 0 Å². The molecule has 0 spiro atoms. The van der Waals surface area contributed by atoms with Gasteiger partial charge in [-0.3, -0.25) is 19.8 Å². The van der Waals surface area contributed by atoms with Crippen LogP contribution in [0.5, 0.6) is 5.75 Å². The van der Waals surface area contributed by atoms with Crippen LogP contribution in [0, 0.1) is 19.7 Å². The second-order valence-corrected chi connectivity index (χ2v) is 7.68. The predicted octanol–water partition coefficient (Wildman–Crippen LogP) is 4.07. The molecule has 0 unspecified atom stereocenters. The number of ether oxygens (including phenoxy) is 1. The highest BCUT2D eigenvalue weighted by molar-refractivity contribution is 7.80. The summed E-state index contributed by atoms with van der Waals surface area (Å²) >= 11 is 5.25. The molecule has 32 heavy (non-hydrogen) atoms. The first-order valence-electron chi connectivity index (χ1n) is 9.80. The van der Waals surface area contributed by atoms with Gasteiger partial charge < -0.3 is 9.30 Å². The molecule has 2 aromatic carbocycles. The minimum Gasteiger partial charge on any atom is -0.497 e. The average molecular weight is 450 g/mol. The number of carbonyl (C=O) groups excluding carboxylic acids is 2. The van der Waals surface area contributed by atoms with E-state index in [1.165, 1.54) is 17.0 Å². The zero-order valence-corrected chi connectivity index (χ0v) is 18.5. The Labute approximate surface area is 189 Å². The van der Waals surface area contributed by atoms with E-state index >= 15 is 0 Å². The molecular weight excluding hydrogens is 429 g/mol. The van der Waals surface area contributed by atoms with Crippen molar-refractivity contribution in [2.45, 2.75) is 13.8 Å². The summed E-state index contributed by atoms with van der Waals surface area (Å²) < 4.78 is 20.4. The van der Waals surface area contributed by atoms with Gasteiger partial charge in [-0.1, -0.05) is 0 Å². The van der Waals surface area contributed by atoms with Gasteiger partial charge in [0.25, 0.3) is 11.8 Å². The van der Waals surface area contributed by atoms with Crippen molar-refractivity contribution < 1.29 is 18.7 Å². The minimum atomic E-state index is -0.559. The normalized spacial score (nSPS) is 15.3. The summed E-state index contributed by atoms with van der Waals surface area (Å²) in [6.07, 6.45) is 1.55. The van der Waals surface area contributed by atoms with E-state index in [1.807, 2.05) is 24.5 Å². The smallest absolute Gasteiger partial charge is 0.270 e. The van der Waals surface area contributed by atoms with E-state index in [4.69, 9.17) is 17.0 Å². The van der Waals surface area contributed by atoms with Crippen LogP contribution in [0.25, 0.3) is 11.8 Å². The zero-order valence-electron chi connectivity index (χ0n) is 17.7. The van der Waals surface area contributed by atoms with Gasteiger partial charge in [0.2, 0.25) is 0 Å². The number of anilines is 1. The number of rotatable bonds is 4. The molecule has 1 fully saturated rings. The molecule has 1 aromatic heterocycles. The van der Waals surface area contributed by atoms with E-state index < -0.39 is 11.8 Å². The lowest BCUT2D eigenvalue weighted by Gasteiger charge is -2.29. The molecule has 0 radical (unpaired) electrons. The number of hydrogen-bond donors (Lipinski definition) is 1. The zero-order chi connectivity index (χ0) is 23.0. The Morgan fingerprint density at radius 3 is 2.25 bits per heavy atom. The molecule has 2 heterocycles. The number of carbonyl (C=O) groups is 2. The Morgan fingerprint density at radius 1 is 1.00 bits per heavy atom. The van der Waals surface area contributed by atoms with Crippen LogP contribution in [0.4, 0.5) is 10.1 Å². The Balaban J connectivity index is 1.73. The Kier molecular flexibility index (Phi) is 5.63. The second-order valence-electron chi connectivity index (χ2n) is 7.29. The SMILES string of the molecule is COc1ccc(N2C(=O)C(=Cc3cc(C)n(-c4ccc(F)cc4)c3C)C(=O)NC2=S)cc1. The molecule has 0 atom stereocenters. The van der Waals surface area contributed by atoms with E-state index in [1.54, 1.807) is 49.6 Å². The fourth-order valence-corrected chi connectivity index (χ4v) is 3.98. The number of hydrogen-bond acceptors (Lipinski definition) is 4. The van der Waals surface area contributed by atoms with Gasteiger partial charge in [0.1, 0.15) is 17.1 Å². The van der Waals surface area contributed by atoms with E-state index in [0.717, 1.165) is 17.1 Å². The lowest BCUT2D eigenvalue weighted by Crippen LogP contribution is -2.54. The number of aromatic nitrogens is 1. The predicted molar refractivity (Wildman–Crippen MR) is 124 cm³/mol. The van der Waals surface area contributed by atoms with Crippen LogP contribution in [-0.2, 0) is 9.59 Å². The van der Waals surface area contributed by atoms with E-state index in [0.29, 0.717) is 17.0 Å². The van der Waals surface area contributed by atoms with E-state index in [2.05, 4.69) is 5.32 Å². The van der Waals surface area contributed by atoms with Gasteiger partial charge >= 0.3 is 0 Å². The molecule has 0 bridgehead atoms. The topological polar surface area (TPSA) is 63.6 Å². The van der Waals surface area contributed by atoms with Gasteiger partial charge in [-0.2, -0.15) is 0 Å². The summed E-state index contributed by atoms with van der Waals surface area (Å²) in [5.74, 6) is -0.762.